The van der Waals surface area contributed by atoms with Crippen LogP contribution in [0.4, 0.5) is 5.82 Å². The molecular formula is C13H12ClN3O. The maximum absolute atomic E-state index is 11.3. The minimum Gasteiger partial charge on any atom is -0.365 e. The third kappa shape index (κ3) is 2.11. The Bertz CT molecular complexity index is 611. The van der Waals surface area contributed by atoms with E-state index < -0.39 is 0 Å². The number of aromatic amines is 1. The summed E-state index contributed by atoms with van der Waals surface area (Å²) in [4.78, 5) is 17.8. The van der Waals surface area contributed by atoms with Gasteiger partial charge in [0.2, 0.25) is 0 Å². The molecule has 5 heteroatoms. The lowest BCUT2D eigenvalue weighted by atomic mass is 10.1. The Morgan fingerprint density at radius 2 is 2.11 bits per heavy atom. The predicted molar refractivity (Wildman–Crippen MR) is 71.1 cm³/mol. The SMILES string of the molecule is O=c1[nH]cnc(NC2CC2c2ccccc2)c1Cl. The highest BCUT2D eigenvalue weighted by atomic mass is 35.5. The number of nitrogens with zero attached hydrogens (tertiary/aromatic N) is 1. The number of benzene rings is 1. The molecular weight excluding hydrogens is 250 g/mol. The van der Waals surface area contributed by atoms with Crippen molar-refractivity contribution in [3.05, 3.63) is 57.6 Å². The second-order valence-corrected chi connectivity index (χ2v) is 4.78. The van der Waals surface area contributed by atoms with Crippen LogP contribution in [0.2, 0.25) is 5.02 Å². The molecule has 0 saturated heterocycles. The van der Waals surface area contributed by atoms with Gasteiger partial charge in [-0.15, -0.1) is 0 Å². The highest BCUT2D eigenvalue weighted by molar-refractivity contribution is 6.32. The summed E-state index contributed by atoms with van der Waals surface area (Å²) < 4.78 is 0. The van der Waals surface area contributed by atoms with Gasteiger partial charge in [-0.2, -0.15) is 0 Å². The Kier molecular flexibility index (Phi) is 2.80. The summed E-state index contributed by atoms with van der Waals surface area (Å²) in [6.45, 7) is 0. The Balaban J connectivity index is 1.73. The first-order chi connectivity index (χ1) is 8.75. The molecule has 2 aromatic rings. The summed E-state index contributed by atoms with van der Waals surface area (Å²) in [6.07, 6.45) is 2.39. The van der Waals surface area contributed by atoms with E-state index in [4.69, 9.17) is 11.6 Å². The molecule has 1 heterocycles. The van der Waals surface area contributed by atoms with E-state index in [-0.39, 0.29) is 10.6 Å². The molecule has 0 spiro atoms. The van der Waals surface area contributed by atoms with Crippen LogP contribution >= 0.6 is 11.6 Å². The smallest absolute Gasteiger partial charge is 0.271 e. The van der Waals surface area contributed by atoms with E-state index in [0.717, 1.165) is 6.42 Å². The van der Waals surface area contributed by atoms with Gasteiger partial charge < -0.3 is 10.3 Å². The Hall–Kier alpha value is -1.81. The number of hydrogen-bond donors (Lipinski definition) is 2. The number of rotatable bonds is 3. The van der Waals surface area contributed by atoms with E-state index >= 15 is 0 Å². The number of halogens is 1. The van der Waals surface area contributed by atoms with Crippen LogP contribution in [0.1, 0.15) is 17.9 Å². The third-order valence-corrected chi connectivity index (χ3v) is 3.49. The van der Waals surface area contributed by atoms with Gasteiger partial charge in [-0.3, -0.25) is 4.79 Å². The van der Waals surface area contributed by atoms with Gasteiger partial charge in [0.1, 0.15) is 5.02 Å². The molecule has 2 unspecified atom stereocenters. The zero-order valence-corrected chi connectivity index (χ0v) is 10.3. The maximum Gasteiger partial charge on any atom is 0.271 e. The molecule has 0 aliphatic heterocycles. The van der Waals surface area contributed by atoms with Gasteiger partial charge in [0.25, 0.3) is 5.56 Å². The number of hydrogen-bond acceptors (Lipinski definition) is 3. The van der Waals surface area contributed by atoms with Crippen molar-refractivity contribution in [2.24, 2.45) is 0 Å². The fourth-order valence-corrected chi connectivity index (χ4v) is 2.24. The van der Waals surface area contributed by atoms with Crippen LogP contribution in [-0.2, 0) is 0 Å². The fourth-order valence-electron chi connectivity index (χ4n) is 2.08. The minimum absolute atomic E-state index is 0.121. The molecule has 1 aromatic heterocycles. The highest BCUT2D eigenvalue weighted by Crippen LogP contribution is 2.42. The minimum atomic E-state index is -0.314. The first-order valence-electron chi connectivity index (χ1n) is 5.80. The second-order valence-electron chi connectivity index (χ2n) is 4.40. The molecule has 0 amide bonds. The largest absolute Gasteiger partial charge is 0.365 e. The van der Waals surface area contributed by atoms with Crippen molar-refractivity contribution < 1.29 is 0 Å². The molecule has 18 heavy (non-hydrogen) atoms. The summed E-state index contributed by atoms with van der Waals surface area (Å²) >= 11 is 5.89. The first kappa shape index (κ1) is 11.3. The van der Waals surface area contributed by atoms with E-state index in [1.54, 1.807) is 0 Å². The zero-order chi connectivity index (χ0) is 12.5. The number of nitrogens with one attached hydrogen (secondary N) is 2. The van der Waals surface area contributed by atoms with Gasteiger partial charge in [0, 0.05) is 12.0 Å². The lowest BCUT2D eigenvalue weighted by Crippen LogP contribution is -2.13. The van der Waals surface area contributed by atoms with Crippen molar-refractivity contribution >= 4 is 17.4 Å². The number of H-pyrrole nitrogens is 1. The Morgan fingerprint density at radius 1 is 1.33 bits per heavy atom. The highest BCUT2D eigenvalue weighted by Gasteiger charge is 2.38. The lowest BCUT2D eigenvalue weighted by Gasteiger charge is -2.05. The van der Waals surface area contributed by atoms with Gasteiger partial charge in [-0.05, 0) is 12.0 Å². The number of anilines is 1. The molecule has 1 aliphatic carbocycles. The van der Waals surface area contributed by atoms with E-state index in [1.165, 1.54) is 11.9 Å². The molecule has 0 radical (unpaired) electrons. The summed E-state index contributed by atoms with van der Waals surface area (Å²) in [6, 6.07) is 10.6. The average Bonchev–Trinajstić information content (AvgIpc) is 3.15. The van der Waals surface area contributed by atoms with Crippen LogP contribution in [0.3, 0.4) is 0 Å². The molecule has 4 nitrogen and oxygen atoms in total. The van der Waals surface area contributed by atoms with E-state index in [2.05, 4.69) is 27.4 Å². The molecule has 92 valence electrons. The van der Waals surface area contributed by atoms with Crippen LogP contribution in [0.5, 0.6) is 0 Å². The van der Waals surface area contributed by atoms with Crippen molar-refractivity contribution in [3.63, 3.8) is 0 Å². The summed E-state index contributed by atoms with van der Waals surface area (Å²) in [7, 11) is 0. The van der Waals surface area contributed by atoms with Crippen LogP contribution < -0.4 is 10.9 Å². The van der Waals surface area contributed by atoms with Crippen LogP contribution in [-0.4, -0.2) is 16.0 Å². The normalized spacial score (nSPS) is 21.6. The summed E-state index contributed by atoms with van der Waals surface area (Å²) in [5, 5.41) is 3.33. The predicted octanol–water partition coefficient (Wildman–Crippen LogP) is 2.39. The molecule has 1 aromatic carbocycles. The van der Waals surface area contributed by atoms with Crippen LogP contribution in [0, 0.1) is 0 Å². The Labute approximate surface area is 109 Å². The monoisotopic (exact) mass is 261 g/mol. The van der Waals surface area contributed by atoms with Gasteiger partial charge in [-0.25, -0.2) is 4.98 Å². The standard InChI is InChI=1S/C13H12ClN3O/c14-11-12(15-7-16-13(11)18)17-10-6-9(10)8-4-2-1-3-5-8/h1-5,7,9-10H,6H2,(H2,15,16,17,18). The van der Waals surface area contributed by atoms with Gasteiger partial charge in [0.05, 0.1) is 6.33 Å². The maximum atomic E-state index is 11.3. The number of aromatic nitrogens is 2. The molecule has 1 aliphatic rings. The van der Waals surface area contributed by atoms with Gasteiger partial charge >= 0.3 is 0 Å². The zero-order valence-electron chi connectivity index (χ0n) is 9.56. The first-order valence-corrected chi connectivity index (χ1v) is 6.18. The average molecular weight is 262 g/mol. The third-order valence-electron chi connectivity index (χ3n) is 3.14. The topological polar surface area (TPSA) is 57.8 Å². The molecule has 2 atom stereocenters. The molecule has 2 N–H and O–H groups in total. The summed E-state index contributed by atoms with van der Waals surface area (Å²) in [5.74, 6) is 0.937. The van der Waals surface area contributed by atoms with Crippen LogP contribution in [0.15, 0.2) is 41.5 Å². The van der Waals surface area contributed by atoms with E-state index in [9.17, 15) is 4.79 Å². The molecule has 3 rings (SSSR count). The van der Waals surface area contributed by atoms with Crippen LogP contribution in [0.25, 0.3) is 0 Å². The molecule has 1 fully saturated rings. The van der Waals surface area contributed by atoms with Crippen molar-refractivity contribution in [2.75, 3.05) is 5.32 Å². The lowest BCUT2D eigenvalue weighted by molar-refractivity contribution is 1.01. The van der Waals surface area contributed by atoms with Crippen molar-refractivity contribution in [2.45, 2.75) is 18.4 Å². The van der Waals surface area contributed by atoms with E-state index in [1.807, 2.05) is 18.2 Å². The van der Waals surface area contributed by atoms with Gasteiger partial charge in [0.15, 0.2) is 5.82 Å². The summed E-state index contributed by atoms with van der Waals surface area (Å²) in [5.41, 5.74) is 0.988. The van der Waals surface area contributed by atoms with Crippen molar-refractivity contribution in [1.29, 1.82) is 0 Å². The quantitative estimate of drug-likeness (QED) is 0.892. The Morgan fingerprint density at radius 3 is 2.89 bits per heavy atom. The van der Waals surface area contributed by atoms with Gasteiger partial charge in [-0.1, -0.05) is 41.9 Å². The van der Waals surface area contributed by atoms with Crippen molar-refractivity contribution in [3.8, 4) is 0 Å². The fraction of sp³-hybridized carbons (Fsp3) is 0.231. The van der Waals surface area contributed by atoms with Crippen molar-refractivity contribution in [1.82, 2.24) is 9.97 Å². The second kappa shape index (κ2) is 4.46. The molecule has 1 saturated carbocycles. The van der Waals surface area contributed by atoms with E-state index in [0.29, 0.717) is 17.8 Å². The molecule has 0 bridgehead atoms.